The number of halogens is 1. The average molecular weight is 424 g/mol. The molecule has 0 atom stereocenters. The van der Waals surface area contributed by atoms with Crippen LogP contribution < -0.4 is 9.64 Å². The third-order valence-corrected chi connectivity index (χ3v) is 6.15. The molecule has 7 heteroatoms. The number of rotatable bonds is 4. The van der Waals surface area contributed by atoms with E-state index in [4.69, 9.17) is 4.74 Å². The number of hydrogen-bond donors (Lipinski definition) is 0. The summed E-state index contributed by atoms with van der Waals surface area (Å²) in [5.41, 5.74) is 1.67. The summed E-state index contributed by atoms with van der Waals surface area (Å²) in [5.74, 6) is 1.19. The van der Waals surface area contributed by atoms with Crippen LogP contribution in [0.1, 0.15) is 35.1 Å². The lowest BCUT2D eigenvalue weighted by Crippen LogP contribution is -2.49. The maximum absolute atomic E-state index is 12.9. The molecule has 0 radical (unpaired) electrons. The van der Waals surface area contributed by atoms with Crippen LogP contribution >= 0.6 is 27.3 Å². The van der Waals surface area contributed by atoms with Gasteiger partial charge in [0.25, 0.3) is 5.91 Å². The predicted molar refractivity (Wildman–Crippen MR) is 105 cm³/mol. The molecule has 1 aliphatic rings. The highest BCUT2D eigenvalue weighted by atomic mass is 79.9. The van der Waals surface area contributed by atoms with Crippen LogP contribution in [0, 0.1) is 0 Å². The fourth-order valence-electron chi connectivity index (χ4n) is 3.04. The Kier molecular flexibility index (Phi) is 5.64. The van der Waals surface area contributed by atoms with Crippen molar-refractivity contribution in [1.82, 2.24) is 9.88 Å². The van der Waals surface area contributed by atoms with Crippen LogP contribution in [0.5, 0.6) is 5.75 Å². The van der Waals surface area contributed by atoms with Gasteiger partial charge in [-0.1, -0.05) is 26.0 Å². The van der Waals surface area contributed by atoms with Crippen molar-refractivity contribution < 1.29 is 9.53 Å². The lowest BCUT2D eigenvalue weighted by atomic mass is 10.1. The minimum Gasteiger partial charge on any atom is -0.495 e. The summed E-state index contributed by atoms with van der Waals surface area (Å²) in [6, 6.07) is 8.01. The summed E-state index contributed by atoms with van der Waals surface area (Å²) in [6.45, 7) is 7.13. The van der Waals surface area contributed by atoms with E-state index in [1.165, 1.54) is 0 Å². The Morgan fingerprint density at radius 2 is 1.92 bits per heavy atom. The smallest absolute Gasteiger partial charge is 0.273 e. The summed E-state index contributed by atoms with van der Waals surface area (Å²) in [6.07, 6.45) is 0. The highest BCUT2D eigenvalue weighted by Gasteiger charge is 2.28. The minimum absolute atomic E-state index is 0.0327. The van der Waals surface area contributed by atoms with Crippen molar-refractivity contribution in [3.05, 3.63) is 38.8 Å². The molecule has 0 spiro atoms. The molecular formula is C18H22BrN3O2S. The Bertz CT molecular complexity index is 755. The fourth-order valence-corrected chi connectivity index (χ4v) is 4.52. The Morgan fingerprint density at radius 1 is 1.24 bits per heavy atom. The van der Waals surface area contributed by atoms with Crippen molar-refractivity contribution in [1.29, 1.82) is 0 Å². The summed E-state index contributed by atoms with van der Waals surface area (Å²) in [4.78, 5) is 22.5. The number of nitrogens with zero attached hydrogens (tertiary/aromatic N) is 3. The van der Waals surface area contributed by atoms with Gasteiger partial charge in [-0.15, -0.1) is 11.3 Å². The molecule has 1 fully saturated rings. The first-order valence-electron chi connectivity index (χ1n) is 8.34. The first-order valence-corrected chi connectivity index (χ1v) is 9.95. The Balaban J connectivity index is 1.71. The number of anilines is 1. The number of ether oxygens (including phenoxy) is 1. The van der Waals surface area contributed by atoms with E-state index in [2.05, 4.69) is 45.7 Å². The van der Waals surface area contributed by atoms with Crippen molar-refractivity contribution in [3.63, 3.8) is 0 Å². The maximum atomic E-state index is 12.9. The molecule has 5 nitrogen and oxygen atoms in total. The Labute approximate surface area is 160 Å². The van der Waals surface area contributed by atoms with Gasteiger partial charge in [0.1, 0.15) is 11.4 Å². The van der Waals surface area contributed by atoms with Crippen LogP contribution in [0.15, 0.2) is 28.2 Å². The second kappa shape index (κ2) is 7.74. The van der Waals surface area contributed by atoms with Crippen LogP contribution in [0.3, 0.4) is 0 Å². The van der Waals surface area contributed by atoms with Crippen LogP contribution in [0.25, 0.3) is 0 Å². The SMILES string of the molecule is COc1ccccc1N1CCN(C(=O)c2nc(Br)sc2C(C)C)CC1. The average Bonchev–Trinajstić information content (AvgIpc) is 3.03. The molecule has 1 aromatic heterocycles. The summed E-state index contributed by atoms with van der Waals surface area (Å²) in [5, 5.41) is 0. The van der Waals surface area contributed by atoms with Crippen molar-refractivity contribution in [2.45, 2.75) is 19.8 Å². The van der Waals surface area contributed by atoms with Gasteiger partial charge >= 0.3 is 0 Å². The maximum Gasteiger partial charge on any atom is 0.273 e. The van der Waals surface area contributed by atoms with Crippen molar-refractivity contribution in [3.8, 4) is 5.75 Å². The van der Waals surface area contributed by atoms with Gasteiger partial charge in [0.2, 0.25) is 0 Å². The highest BCUT2D eigenvalue weighted by molar-refractivity contribution is 9.11. The fraction of sp³-hybridized carbons (Fsp3) is 0.444. The molecule has 2 heterocycles. The van der Waals surface area contributed by atoms with Gasteiger partial charge in [0.05, 0.1) is 12.8 Å². The number of benzene rings is 1. The third kappa shape index (κ3) is 3.82. The number of para-hydroxylation sites is 2. The van der Waals surface area contributed by atoms with E-state index in [0.717, 1.165) is 33.3 Å². The quantitative estimate of drug-likeness (QED) is 0.745. The zero-order chi connectivity index (χ0) is 18.0. The van der Waals surface area contributed by atoms with Gasteiger partial charge < -0.3 is 14.5 Å². The summed E-state index contributed by atoms with van der Waals surface area (Å²) >= 11 is 4.96. The molecule has 3 rings (SSSR count). The van der Waals surface area contributed by atoms with E-state index in [1.807, 2.05) is 23.1 Å². The Hall–Kier alpha value is -1.60. The predicted octanol–water partition coefficient (Wildman–Crippen LogP) is 4.00. The van der Waals surface area contributed by atoms with Crippen molar-refractivity contribution >= 4 is 38.9 Å². The number of carbonyl (C=O) groups is 1. The second-order valence-electron chi connectivity index (χ2n) is 6.29. The summed E-state index contributed by atoms with van der Waals surface area (Å²) in [7, 11) is 1.69. The number of carbonyl (C=O) groups excluding carboxylic acids is 1. The molecule has 1 saturated heterocycles. The van der Waals surface area contributed by atoms with E-state index in [0.29, 0.717) is 18.8 Å². The monoisotopic (exact) mass is 423 g/mol. The molecule has 0 unspecified atom stereocenters. The number of piperazine rings is 1. The van der Waals surface area contributed by atoms with E-state index in [1.54, 1.807) is 18.4 Å². The van der Waals surface area contributed by atoms with Crippen LogP contribution in [-0.4, -0.2) is 49.1 Å². The van der Waals surface area contributed by atoms with Crippen LogP contribution in [0.2, 0.25) is 0 Å². The number of aromatic nitrogens is 1. The largest absolute Gasteiger partial charge is 0.495 e. The van der Waals surface area contributed by atoms with Gasteiger partial charge in [0.15, 0.2) is 3.92 Å². The Morgan fingerprint density at radius 3 is 2.56 bits per heavy atom. The van der Waals surface area contributed by atoms with E-state index >= 15 is 0 Å². The van der Waals surface area contributed by atoms with Gasteiger partial charge in [0, 0.05) is 31.1 Å². The van der Waals surface area contributed by atoms with E-state index in [-0.39, 0.29) is 11.8 Å². The molecule has 0 aliphatic carbocycles. The molecular weight excluding hydrogens is 402 g/mol. The number of thiazole rings is 1. The molecule has 1 amide bonds. The van der Waals surface area contributed by atoms with Crippen LogP contribution in [-0.2, 0) is 0 Å². The standard InChI is InChI=1S/C18H22BrN3O2S/c1-12(2)16-15(20-18(19)25-16)17(23)22-10-8-21(9-11-22)13-6-4-5-7-14(13)24-3/h4-7,12H,8-11H2,1-3H3. The molecule has 25 heavy (non-hydrogen) atoms. The molecule has 1 aromatic carbocycles. The number of hydrogen-bond acceptors (Lipinski definition) is 5. The minimum atomic E-state index is 0.0327. The molecule has 1 aliphatic heterocycles. The van der Waals surface area contributed by atoms with Gasteiger partial charge in [-0.25, -0.2) is 4.98 Å². The zero-order valence-electron chi connectivity index (χ0n) is 14.7. The lowest BCUT2D eigenvalue weighted by Gasteiger charge is -2.36. The van der Waals surface area contributed by atoms with E-state index < -0.39 is 0 Å². The zero-order valence-corrected chi connectivity index (χ0v) is 17.1. The number of methoxy groups -OCH3 is 1. The van der Waals surface area contributed by atoms with Crippen LogP contribution in [0.4, 0.5) is 5.69 Å². The van der Waals surface area contributed by atoms with Gasteiger partial charge in [-0.3, -0.25) is 4.79 Å². The first kappa shape index (κ1) is 18.2. The topological polar surface area (TPSA) is 45.7 Å². The molecule has 0 bridgehead atoms. The molecule has 0 N–H and O–H groups in total. The van der Waals surface area contributed by atoms with Gasteiger partial charge in [-0.05, 0) is 34.0 Å². The second-order valence-corrected chi connectivity index (χ2v) is 8.59. The molecule has 2 aromatic rings. The van der Waals surface area contributed by atoms with Crippen molar-refractivity contribution in [2.75, 3.05) is 38.2 Å². The normalized spacial score (nSPS) is 14.9. The highest BCUT2D eigenvalue weighted by Crippen LogP contribution is 2.32. The lowest BCUT2D eigenvalue weighted by molar-refractivity contribution is 0.0740. The van der Waals surface area contributed by atoms with Crippen molar-refractivity contribution in [2.24, 2.45) is 0 Å². The first-order chi connectivity index (χ1) is 12.0. The third-order valence-electron chi connectivity index (χ3n) is 4.35. The number of amides is 1. The van der Waals surface area contributed by atoms with E-state index in [9.17, 15) is 4.79 Å². The summed E-state index contributed by atoms with van der Waals surface area (Å²) < 4.78 is 6.22. The molecule has 134 valence electrons. The van der Waals surface area contributed by atoms with Gasteiger partial charge in [-0.2, -0.15) is 0 Å². The molecule has 0 saturated carbocycles.